The molecule has 0 unspecified atom stereocenters. The van der Waals surface area contributed by atoms with Crippen LogP contribution in [0.5, 0.6) is 0 Å². The van der Waals surface area contributed by atoms with Crippen LogP contribution in [0.2, 0.25) is 0 Å². The van der Waals surface area contributed by atoms with Crippen molar-refractivity contribution in [1.82, 2.24) is 4.90 Å². The van der Waals surface area contributed by atoms with E-state index in [1.54, 1.807) is 6.07 Å². The minimum absolute atomic E-state index is 0.0576. The molecule has 0 spiro atoms. The summed E-state index contributed by atoms with van der Waals surface area (Å²) in [5.74, 6) is -1.19. The lowest BCUT2D eigenvalue weighted by atomic mass is 10.2. The van der Waals surface area contributed by atoms with E-state index in [1.807, 2.05) is 22.6 Å². The number of nitro benzene ring substituents is 1. The lowest BCUT2D eigenvalue weighted by molar-refractivity contribution is -0.384. The summed E-state index contributed by atoms with van der Waals surface area (Å²) in [6.45, 7) is -0.462. The molecule has 0 fully saturated rings. The van der Waals surface area contributed by atoms with E-state index in [0.717, 1.165) is 11.0 Å². The lowest BCUT2D eigenvalue weighted by Gasteiger charge is -2.13. The minimum atomic E-state index is -0.623. The third-order valence-corrected chi connectivity index (χ3v) is 3.43. The molecule has 2 rings (SSSR count). The molecule has 0 aliphatic carbocycles. The molecule has 0 aromatic heterocycles. The van der Waals surface area contributed by atoms with Crippen LogP contribution in [-0.2, 0) is 9.59 Å². The number of rotatable bonds is 5. The second-order valence-electron chi connectivity index (χ2n) is 4.12. The van der Waals surface area contributed by atoms with Gasteiger partial charge in [0.05, 0.1) is 18.1 Å². The largest absolute Gasteiger partial charge is 0.395 e. The van der Waals surface area contributed by atoms with Gasteiger partial charge in [-0.2, -0.15) is 0 Å². The Morgan fingerprint density at radius 3 is 2.71 bits per heavy atom. The summed E-state index contributed by atoms with van der Waals surface area (Å²) in [6, 6.07) is 4.46. The Morgan fingerprint density at radius 2 is 2.10 bits per heavy atom. The molecule has 0 atom stereocenters. The number of anilines is 1. The molecule has 110 valence electrons. The van der Waals surface area contributed by atoms with E-state index in [0.29, 0.717) is 3.57 Å². The third kappa shape index (κ3) is 3.19. The van der Waals surface area contributed by atoms with Gasteiger partial charge in [-0.15, -0.1) is 0 Å². The number of hydrogen-bond acceptors (Lipinski definition) is 6. The standard InChI is InChI=1S/C12H10IN3O5/c13-7-1-2-8(10(5-7)16(20)21)14-9-6-11(18)15(3-4-17)12(9)19/h1-2,5-6,14,17H,3-4H2. The Bertz CT molecular complexity index is 658. The van der Waals surface area contributed by atoms with E-state index in [2.05, 4.69) is 5.32 Å². The van der Waals surface area contributed by atoms with Crippen LogP contribution in [0.15, 0.2) is 30.0 Å². The number of benzene rings is 1. The molecule has 0 bridgehead atoms. The summed E-state index contributed by atoms with van der Waals surface area (Å²) in [5, 5.41) is 22.4. The van der Waals surface area contributed by atoms with Crippen LogP contribution in [0.3, 0.4) is 0 Å². The predicted molar refractivity (Wildman–Crippen MR) is 81.3 cm³/mol. The maximum absolute atomic E-state index is 12.0. The molecule has 21 heavy (non-hydrogen) atoms. The van der Waals surface area contributed by atoms with E-state index >= 15 is 0 Å². The first kappa shape index (κ1) is 15.4. The summed E-state index contributed by atoms with van der Waals surface area (Å²) in [4.78, 5) is 34.8. The monoisotopic (exact) mass is 403 g/mol. The summed E-state index contributed by atoms with van der Waals surface area (Å²) in [5.41, 5.74) is -0.125. The van der Waals surface area contributed by atoms with E-state index in [-0.39, 0.29) is 30.2 Å². The number of β-amino-alcohol motifs (C(OH)–C–C–N with tert-alkyl or cyclic N) is 1. The van der Waals surface area contributed by atoms with Crippen molar-refractivity contribution in [3.63, 3.8) is 0 Å². The van der Waals surface area contributed by atoms with Crippen molar-refractivity contribution in [2.24, 2.45) is 0 Å². The topological polar surface area (TPSA) is 113 Å². The van der Waals surface area contributed by atoms with Crippen LogP contribution in [0, 0.1) is 13.7 Å². The number of carbonyl (C=O) groups is 2. The van der Waals surface area contributed by atoms with Crippen molar-refractivity contribution >= 4 is 45.8 Å². The zero-order valence-electron chi connectivity index (χ0n) is 10.6. The van der Waals surface area contributed by atoms with Gasteiger partial charge in [0.1, 0.15) is 11.4 Å². The molecular weight excluding hydrogens is 393 g/mol. The van der Waals surface area contributed by atoms with Crippen LogP contribution in [0.1, 0.15) is 0 Å². The highest BCUT2D eigenvalue weighted by Gasteiger charge is 2.31. The predicted octanol–water partition coefficient (Wildman–Crippen LogP) is 0.856. The maximum Gasteiger partial charge on any atom is 0.293 e. The normalized spacial score (nSPS) is 14.4. The third-order valence-electron chi connectivity index (χ3n) is 2.76. The van der Waals surface area contributed by atoms with Gasteiger partial charge in [0, 0.05) is 15.7 Å². The number of hydrogen-bond donors (Lipinski definition) is 2. The fourth-order valence-electron chi connectivity index (χ4n) is 1.82. The second kappa shape index (κ2) is 6.18. The van der Waals surface area contributed by atoms with Crippen molar-refractivity contribution in [2.45, 2.75) is 0 Å². The van der Waals surface area contributed by atoms with Gasteiger partial charge in [-0.05, 0) is 34.7 Å². The second-order valence-corrected chi connectivity index (χ2v) is 5.37. The van der Waals surface area contributed by atoms with E-state index in [4.69, 9.17) is 5.11 Å². The Morgan fingerprint density at radius 1 is 1.38 bits per heavy atom. The van der Waals surface area contributed by atoms with Crippen LogP contribution < -0.4 is 5.32 Å². The SMILES string of the molecule is O=C1C=C(Nc2ccc(I)cc2[N+](=O)[O-])C(=O)N1CCO. The molecule has 0 radical (unpaired) electrons. The molecule has 1 aliphatic rings. The van der Waals surface area contributed by atoms with Gasteiger partial charge in [0.15, 0.2) is 0 Å². The molecule has 2 amide bonds. The molecule has 1 aliphatic heterocycles. The van der Waals surface area contributed by atoms with Gasteiger partial charge < -0.3 is 10.4 Å². The number of aliphatic hydroxyl groups is 1. The zero-order valence-corrected chi connectivity index (χ0v) is 12.7. The van der Waals surface area contributed by atoms with Gasteiger partial charge in [-0.25, -0.2) is 0 Å². The molecule has 0 saturated heterocycles. The Hall–Kier alpha value is -2.01. The summed E-state index contributed by atoms with van der Waals surface area (Å²) >= 11 is 1.94. The summed E-state index contributed by atoms with van der Waals surface area (Å²) in [7, 11) is 0. The van der Waals surface area contributed by atoms with Crippen LogP contribution in [0.4, 0.5) is 11.4 Å². The highest BCUT2D eigenvalue weighted by Crippen LogP contribution is 2.28. The average molecular weight is 403 g/mol. The number of amides is 2. The summed E-state index contributed by atoms with van der Waals surface area (Å²) < 4.78 is 0.676. The highest BCUT2D eigenvalue weighted by atomic mass is 127. The number of imide groups is 1. The van der Waals surface area contributed by atoms with E-state index < -0.39 is 16.7 Å². The van der Waals surface area contributed by atoms with Crippen LogP contribution >= 0.6 is 22.6 Å². The quantitative estimate of drug-likeness (QED) is 0.326. The average Bonchev–Trinajstić information content (AvgIpc) is 2.68. The zero-order chi connectivity index (χ0) is 15.6. The Kier molecular flexibility index (Phi) is 4.53. The smallest absolute Gasteiger partial charge is 0.293 e. The van der Waals surface area contributed by atoms with Crippen molar-refractivity contribution in [2.75, 3.05) is 18.5 Å². The fraction of sp³-hybridized carbons (Fsp3) is 0.167. The van der Waals surface area contributed by atoms with Gasteiger partial charge in [-0.3, -0.25) is 24.6 Å². The van der Waals surface area contributed by atoms with Gasteiger partial charge in [-0.1, -0.05) is 0 Å². The first-order valence-electron chi connectivity index (χ1n) is 5.83. The van der Waals surface area contributed by atoms with Crippen molar-refractivity contribution < 1.29 is 19.6 Å². The number of halogens is 1. The minimum Gasteiger partial charge on any atom is -0.395 e. The molecule has 9 heteroatoms. The van der Waals surface area contributed by atoms with Crippen LogP contribution in [0.25, 0.3) is 0 Å². The van der Waals surface area contributed by atoms with Crippen molar-refractivity contribution in [3.05, 3.63) is 43.7 Å². The van der Waals surface area contributed by atoms with Gasteiger partial charge in [0.2, 0.25) is 0 Å². The number of aliphatic hydroxyl groups excluding tert-OH is 1. The first-order valence-corrected chi connectivity index (χ1v) is 6.91. The lowest BCUT2D eigenvalue weighted by Crippen LogP contribution is -2.34. The van der Waals surface area contributed by atoms with Gasteiger partial charge in [0.25, 0.3) is 17.5 Å². The van der Waals surface area contributed by atoms with Gasteiger partial charge >= 0.3 is 0 Å². The molecule has 0 saturated carbocycles. The molecule has 1 aromatic rings. The Balaban J connectivity index is 2.28. The number of carbonyl (C=O) groups excluding carboxylic acids is 2. The maximum atomic E-state index is 12.0. The van der Waals surface area contributed by atoms with E-state index in [1.165, 1.54) is 12.1 Å². The number of nitrogens with one attached hydrogen (secondary N) is 1. The van der Waals surface area contributed by atoms with E-state index in [9.17, 15) is 19.7 Å². The van der Waals surface area contributed by atoms with Crippen molar-refractivity contribution in [1.29, 1.82) is 0 Å². The number of nitrogens with zero attached hydrogens (tertiary/aromatic N) is 2. The molecule has 8 nitrogen and oxygen atoms in total. The first-order chi connectivity index (χ1) is 9.93. The molecule has 2 N–H and O–H groups in total. The van der Waals surface area contributed by atoms with Crippen molar-refractivity contribution in [3.8, 4) is 0 Å². The molecule has 1 heterocycles. The molecular formula is C12H10IN3O5. The highest BCUT2D eigenvalue weighted by molar-refractivity contribution is 14.1. The molecule has 1 aromatic carbocycles. The number of nitro groups is 1. The Labute approximate surface area is 132 Å². The van der Waals surface area contributed by atoms with Crippen LogP contribution in [-0.4, -0.2) is 39.9 Å². The summed E-state index contributed by atoms with van der Waals surface area (Å²) in [6.07, 6.45) is 1.06. The fourth-order valence-corrected chi connectivity index (χ4v) is 2.29.